The van der Waals surface area contributed by atoms with E-state index in [0.29, 0.717) is 0 Å². The van der Waals surface area contributed by atoms with E-state index in [4.69, 9.17) is 5.73 Å². The number of benzene rings is 1. The number of carbonyl (C=O) groups is 2. The van der Waals surface area contributed by atoms with E-state index < -0.39 is 17.6 Å². The summed E-state index contributed by atoms with van der Waals surface area (Å²) in [6, 6.07) is 4.06. The summed E-state index contributed by atoms with van der Waals surface area (Å²) in [6.45, 7) is 5.04. The molecule has 2 N–H and O–H groups in total. The Bertz CT molecular complexity index is 472. The zero-order chi connectivity index (χ0) is 13.9. The average Bonchev–Trinajstić information content (AvgIpc) is 2.27. The average molecular weight is 252 g/mol. The van der Waals surface area contributed by atoms with Gasteiger partial charge in [-0.1, -0.05) is 11.6 Å². The molecule has 0 atom stereocenters. The largest absolute Gasteiger partial charge is 0.368 e. The lowest BCUT2D eigenvalue weighted by Crippen LogP contribution is -2.43. The van der Waals surface area contributed by atoms with Crippen LogP contribution in [0, 0.1) is 12.7 Å². The summed E-state index contributed by atoms with van der Waals surface area (Å²) in [5, 5.41) is 0. The first-order chi connectivity index (χ1) is 8.32. The molecule has 0 bridgehead atoms. The number of aryl methyl sites for hydroxylation is 1. The van der Waals surface area contributed by atoms with E-state index in [2.05, 4.69) is 0 Å². The van der Waals surface area contributed by atoms with Crippen LogP contribution in [0.25, 0.3) is 0 Å². The van der Waals surface area contributed by atoms with Gasteiger partial charge in [0.25, 0.3) is 5.91 Å². The molecule has 0 fully saturated rings. The van der Waals surface area contributed by atoms with E-state index in [0.717, 1.165) is 5.56 Å². The van der Waals surface area contributed by atoms with Crippen LogP contribution in [0.2, 0.25) is 0 Å². The molecule has 0 aromatic heterocycles. The second kappa shape index (κ2) is 5.62. The van der Waals surface area contributed by atoms with Crippen LogP contribution in [0.5, 0.6) is 0 Å². The molecule has 0 spiro atoms. The van der Waals surface area contributed by atoms with Crippen molar-refractivity contribution < 1.29 is 14.0 Å². The molecular weight excluding hydrogens is 235 g/mol. The van der Waals surface area contributed by atoms with Crippen molar-refractivity contribution in [2.75, 3.05) is 6.54 Å². The Kier molecular flexibility index (Phi) is 4.42. The molecule has 1 aromatic rings. The minimum atomic E-state index is -0.620. The van der Waals surface area contributed by atoms with Crippen molar-refractivity contribution in [3.8, 4) is 0 Å². The molecule has 0 aliphatic carbocycles. The van der Waals surface area contributed by atoms with Crippen LogP contribution in [0.1, 0.15) is 29.8 Å². The third kappa shape index (κ3) is 3.29. The van der Waals surface area contributed by atoms with Gasteiger partial charge in [-0.3, -0.25) is 9.59 Å². The smallest absolute Gasteiger partial charge is 0.257 e. The van der Waals surface area contributed by atoms with Crippen molar-refractivity contribution in [3.63, 3.8) is 0 Å². The maximum absolute atomic E-state index is 13.6. The SMILES string of the molecule is Cc1ccc(F)c(C(=O)N(CC(N)=O)C(C)C)c1. The molecule has 0 aliphatic rings. The number of primary amides is 1. The Morgan fingerprint density at radius 3 is 2.50 bits per heavy atom. The molecule has 0 saturated carbocycles. The summed E-state index contributed by atoms with van der Waals surface area (Å²) in [4.78, 5) is 24.4. The summed E-state index contributed by atoms with van der Waals surface area (Å²) < 4.78 is 13.6. The van der Waals surface area contributed by atoms with E-state index >= 15 is 0 Å². The first kappa shape index (κ1) is 14.2. The summed E-state index contributed by atoms with van der Waals surface area (Å²) in [7, 11) is 0. The molecule has 0 aliphatic heterocycles. The molecule has 0 unspecified atom stereocenters. The van der Waals surface area contributed by atoms with Crippen molar-refractivity contribution in [3.05, 3.63) is 35.1 Å². The van der Waals surface area contributed by atoms with Gasteiger partial charge in [0.1, 0.15) is 5.82 Å². The fourth-order valence-corrected chi connectivity index (χ4v) is 1.61. The predicted molar refractivity (Wildman–Crippen MR) is 66.5 cm³/mol. The number of carbonyl (C=O) groups excluding carboxylic acids is 2. The van der Waals surface area contributed by atoms with Crippen LogP contribution in [0.15, 0.2) is 18.2 Å². The zero-order valence-electron chi connectivity index (χ0n) is 10.7. The first-order valence-corrected chi connectivity index (χ1v) is 5.68. The van der Waals surface area contributed by atoms with Crippen LogP contribution in [0.3, 0.4) is 0 Å². The highest BCUT2D eigenvalue weighted by molar-refractivity contribution is 5.96. The minimum Gasteiger partial charge on any atom is -0.368 e. The molecule has 98 valence electrons. The molecule has 18 heavy (non-hydrogen) atoms. The number of hydrogen-bond acceptors (Lipinski definition) is 2. The monoisotopic (exact) mass is 252 g/mol. The van der Waals surface area contributed by atoms with Gasteiger partial charge in [0.05, 0.1) is 12.1 Å². The third-order valence-corrected chi connectivity index (χ3v) is 2.56. The van der Waals surface area contributed by atoms with Crippen molar-refractivity contribution >= 4 is 11.8 Å². The normalized spacial score (nSPS) is 10.5. The maximum Gasteiger partial charge on any atom is 0.257 e. The van der Waals surface area contributed by atoms with Gasteiger partial charge in [0.15, 0.2) is 0 Å². The lowest BCUT2D eigenvalue weighted by atomic mass is 10.1. The van der Waals surface area contributed by atoms with Gasteiger partial charge in [-0.05, 0) is 32.9 Å². The molecule has 1 aromatic carbocycles. The Morgan fingerprint density at radius 2 is 2.00 bits per heavy atom. The summed E-state index contributed by atoms with van der Waals surface area (Å²) in [5.74, 6) is -1.74. The number of halogens is 1. The Labute approximate surface area is 106 Å². The highest BCUT2D eigenvalue weighted by Crippen LogP contribution is 2.14. The zero-order valence-corrected chi connectivity index (χ0v) is 10.7. The molecular formula is C13H17FN2O2. The summed E-state index contributed by atoms with van der Waals surface area (Å²) in [6.07, 6.45) is 0. The second-order valence-corrected chi connectivity index (χ2v) is 4.48. The fourth-order valence-electron chi connectivity index (χ4n) is 1.61. The standard InChI is InChI=1S/C13H17FN2O2/c1-8(2)16(7-12(15)17)13(18)10-6-9(3)4-5-11(10)14/h4-6,8H,7H2,1-3H3,(H2,15,17). The molecule has 0 saturated heterocycles. The van der Waals surface area contributed by atoms with Gasteiger partial charge < -0.3 is 10.6 Å². The number of nitrogens with zero attached hydrogens (tertiary/aromatic N) is 1. The van der Waals surface area contributed by atoms with Crippen molar-refractivity contribution in [2.24, 2.45) is 5.73 Å². The Morgan fingerprint density at radius 1 is 1.39 bits per heavy atom. The number of amides is 2. The molecule has 5 heteroatoms. The Hall–Kier alpha value is -1.91. The topological polar surface area (TPSA) is 63.4 Å². The van der Waals surface area contributed by atoms with Gasteiger partial charge in [-0.25, -0.2) is 4.39 Å². The number of nitrogens with two attached hydrogens (primary N) is 1. The molecule has 0 radical (unpaired) electrons. The van der Waals surface area contributed by atoms with E-state index in [1.807, 2.05) is 0 Å². The molecule has 2 amide bonds. The van der Waals surface area contributed by atoms with Crippen LogP contribution >= 0.6 is 0 Å². The maximum atomic E-state index is 13.6. The van der Waals surface area contributed by atoms with E-state index in [1.165, 1.54) is 17.0 Å². The van der Waals surface area contributed by atoms with Gasteiger partial charge in [0, 0.05) is 6.04 Å². The molecule has 4 nitrogen and oxygen atoms in total. The van der Waals surface area contributed by atoms with E-state index in [1.54, 1.807) is 26.8 Å². The van der Waals surface area contributed by atoms with Crippen molar-refractivity contribution in [2.45, 2.75) is 26.8 Å². The predicted octanol–water partition coefficient (Wildman–Crippen LogP) is 1.47. The minimum absolute atomic E-state index is 0.0371. The molecule has 1 rings (SSSR count). The highest BCUT2D eigenvalue weighted by atomic mass is 19.1. The van der Waals surface area contributed by atoms with Crippen LogP contribution in [-0.4, -0.2) is 29.3 Å². The van der Waals surface area contributed by atoms with Crippen LogP contribution in [0.4, 0.5) is 4.39 Å². The van der Waals surface area contributed by atoms with Crippen LogP contribution in [-0.2, 0) is 4.79 Å². The number of rotatable bonds is 4. The highest BCUT2D eigenvalue weighted by Gasteiger charge is 2.23. The quantitative estimate of drug-likeness (QED) is 0.882. The second-order valence-electron chi connectivity index (χ2n) is 4.48. The molecule has 0 heterocycles. The number of hydrogen-bond donors (Lipinski definition) is 1. The van der Waals surface area contributed by atoms with E-state index in [-0.39, 0.29) is 18.2 Å². The van der Waals surface area contributed by atoms with Crippen molar-refractivity contribution in [1.29, 1.82) is 0 Å². The first-order valence-electron chi connectivity index (χ1n) is 5.68. The van der Waals surface area contributed by atoms with Gasteiger partial charge in [-0.15, -0.1) is 0 Å². The van der Waals surface area contributed by atoms with Crippen LogP contribution < -0.4 is 5.73 Å². The third-order valence-electron chi connectivity index (χ3n) is 2.56. The van der Waals surface area contributed by atoms with Gasteiger partial charge in [0.2, 0.25) is 5.91 Å². The van der Waals surface area contributed by atoms with E-state index in [9.17, 15) is 14.0 Å². The lowest BCUT2D eigenvalue weighted by molar-refractivity contribution is -0.119. The lowest BCUT2D eigenvalue weighted by Gasteiger charge is -2.25. The summed E-state index contributed by atoms with van der Waals surface area (Å²) >= 11 is 0. The fraction of sp³-hybridized carbons (Fsp3) is 0.385. The van der Waals surface area contributed by atoms with Crippen molar-refractivity contribution in [1.82, 2.24) is 4.90 Å². The van der Waals surface area contributed by atoms with Gasteiger partial charge >= 0.3 is 0 Å². The van der Waals surface area contributed by atoms with Gasteiger partial charge in [-0.2, -0.15) is 0 Å². The summed E-state index contributed by atoms with van der Waals surface area (Å²) in [5.41, 5.74) is 5.83. The Balaban J connectivity index is 3.09.